The summed E-state index contributed by atoms with van der Waals surface area (Å²) in [5.41, 5.74) is 2.48. The van der Waals surface area contributed by atoms with Crippen molar-refractivity contribution in [2.24, 2.45) is 0 Å². The number of ether oxygens (including phenoxy) is 1. The number of benzene rings is 1. The lowest BCUT2D eigenvalue weighted by Crippen LogP contribution is -2.14. The predicted octanol–water partition coefficient (Wildman–Crippen LogP) is 1.30. The summed E-state index contributed by atoms with van der Waals surface area (Å²) in [6, 6.07) is 3.67. The van der Waals surface area contributed by atoms with Crippen LogP contribution in [-0.2, 0) is 17.6 Å². The first kappa shape index (κ1) is 11.0. The van der Waals surface area contributed by atoms with Gasteiger partial charge in [-0.25, -0.2) is 4.79 Å². The van der Waals surface area contributed by atoms with Crippen LogP contribution >= 0.6 is 0 Å². The van der Waals surface area contributed by atoms with Crippen molar-refractivity contribution in [3.8, 4) is 5.75 Å². The van der Waals surface area contributed by atoms with Crippen molar-refractivity contribution in [1.82, 2.24) is 0 Å². The second kappa shape index (κ2) is 4.14. The number of hydrogen-bond acceptors (Lipinski definition) is 3. The Morgan fingerprint density at radius 2 is 2.19 bits per heavy atom. The van der Waals surface area contributed by atoms with Crippen molar-refractivity contribution in [1.29, 1.82) is 0 Å². The first-order valence-corrected chi connectivity index (χ1v) is 5.24. The number of fused-ring (bicyclic) bond motifs is 1. The highest BCUT2D eigenvalue weighted by atomic mass is 16.5. The van der Waals surface area contributed by atoms with Gasteiger partial charge in [0.2, 0.25) is 0 Å². The molecule has 0 saturated heterocycles. The Labute approximate surface area is 93.5 Å². The molecule has 0 aliphatic heterocycles. The van der Waals surface area contributed by atoms with E-state index in [-0.39, 0.29) is 0 Å². The van der Waals surface area contributed by atoms with Crippen molar-refractivity contribution in [3.05, 3.63) is 28.8 Å². The molecule has 0 spiro atoms. The van der Waals surface area contributed by atoms with Crippen molar-refractivity contribution in [2.45, 2.75) is 25.4 Å². The number of hydrogen-bond donors (Lipinski definition) is 2. The van der Waals surface area contributed by atoms with E-state index >= 15 is 0 Å². The zero-order valence-corrected chi connectivity index (χ0v) is 9.06. The van der Waals surface area contributed by atoms with Gasteiger partial charge in [0.05, 0.1) is 7.11 Å². The summed E-state index contributed by atoms with van der Waals surface area (Å²) in [5.74, 6) is -0.783. The molecule has 2 N–H and O–H groups in total. The van der Waals surface area contributed by atoms with Crippen LogP contribution in [0.5, 0.6) is 5.75 Å². The highest BCUT2D eigenvalue weighted by Gasteiger charge is 2.27. The first-order valence-electron chi connectivity index (χ1n) is 5.24. The third-order valence-corrected chi connectivity index (χ3v) is 3.01. The maximum absolute atomic E-state index is 10.9. The third-order valence-electron chi connectivity index (χ3n) is 3.01. The minimum atomic E-state index is -1.50. The number of aryl methyl sites for hydroxylation is 1. The molecule has 0 bridgehead atoms. The van der Waals surface area contributed by atoms with Gasteiger partial charge in [-0.3, -0.25) is 0 Å². The van der Waals surface area contributed by atoms with E-state index in [4.69, 9.17) is 9.84 Å². The monoisotopic (exact) mass is 222 g/mol. The topological polar surface area (TPSA) is 66.8 Å². The Hall–Kier alpha value is -1.55. The molecule has 1 aliphatic rings. The minimum absolute atomic E-state index is 0.421. The summed E-state index contributed by atoms with van der Waals surface area (Å²) in [4.78, 5) is 10.9. The second-order valence-corrected chi connectivity index (χ2v) is 3.91. The molecule has 2 rings (SSSR count). The summed E-state index contributed by atoms with van der Waals surface area (Å²) in [5, 5.41) is 18.6. The van der Waals surface area contributed by atoms with Gasteiger partial charge >= 0.3 is 5.97 Å². The van der Waals surface area contributed by atoms with Gasteiger partial charge in [0.1, 0.15) is 5.75 Å². The number of rotatable bonds is 3. The largest absolute Gasteiger partial charge is 0.496 e. The van der Waals surface area contributed by atoms with Gasteiger partial charge in [-0.15, -0.1) is 0 Å². The lowest BCUT2D eigenvalue weighted by Gasteiger charge is -2.15. The first-order chi connectivity index (χ1) is 7.65. The highest BCUT2D eigenvalue weighted by Crippen LogP contribution is 2.36. The quantitative estimate of drug-likeness (QED) is 0.809. The lowest BCUT2D eigenvalue weighted by atomic mass is 9.98. The van der Waals surface area contributed by atoms with E-state index in [0.717, 1.165) is 30.4 Å². The average Bonchev–Trinajstić information content (AvgIpc) is 2.74. The SMILES string of the molecule is COc1ccc2c(c1C(O)C(=O)O)CCC2. The maximum atomic E-state index is 10.9. The molecule has 1 aromatic carbocycles. The van der Waals surface area contributed by atoms with Crippen molar-refractivity contribution in [3.63, 3.8) is 0 Å². The minimum Gasteiger partial charge on any atom is -0.496 e. The van der Waals surface area contributed by atoms with Gasteiger partial charge in [-0.05, 0) is 36.5 Å². The molecule has 1 aromatic rings. The Balaban J connectivity index is 2.56. The van der Waals surface area contributed by atoms with E-state index in [2.05, 4.69) is 0 Å². The number of carbonyl (C=O) groups is 1. The van der Waals surface area contributed by atoms with E-state index in [9.17, 15) is 9.90 Å². The van der Waals surface area contributed by atoms with Crippen LogP contribution in [0.25, 0.3) is 0 Å². The summed E-state index contributed by atoms with van der Waals surface area (Å²) in [6.45, 7) is 0. The van der Waals surface area contributed by atoms with E-state index in [1.165, 1.54) is 7.11 Å². The molecule has 4 nitrogen and oxygen atoms in total. The molecule has 16 heavy (non-hydrogen) atoms. The zero-order chi connectivity index (χ0) is 11.7. The van der Waals surface area contributed by atoms with Gasteiger partial charge in [-0.2, -0.15) is 0 Å². The van der Waals surface area contributed by atoms with Crippen LogP contribution in [0.1, 0.15) is 29.2 Å². The summed E-state index contributed by atoms with van der Waals surface area (Å²) >= 11 is 0. The van der Waals surface area contributed by atoms with Crippen LogP contribution in [0.4, 0.5) is 0 Å². The fraction of sp³-hybridized carbons (Fsp3) is 0.417. The van der Waals surface area contributed by atoms with Gasteiger partial charge in [0.25, 0.3) is 0 Å². The van der Waals surface area contributed by atoms with Crippen molar-refractivity contribution in [2.75, 3.05) is 7.11 Å². The summed E-state index contributed by atoms with van der Waals surface area (Å²) < 4.78 is 5.12. The van der Waals surface area contributed by atoms with Gasteiger partial charge < -0.3 is 14.9 Å². The Morgan fingerprint density at radius 3 is 2.81 bits per heavy atom. The summed E-state index contributed by atoms with van der Waals surface area (Å²) in [7, 11) is 1.48. The van der Waals surface area contributed by atoms with Crippen LogP contribution in [0, 0.1) is 0 Å². The molecule has 4 heteroatoms. The number of carboxylic acids is 1. The van der Waals surface area contributed by atoms with Gasteiger partial charge in [0, 0.05) is 5.56 Å². The number of aliphatic hydroxyl groups is 1. The average molecular weight is 222 g/mol. The molecule has 0 fully saturated rings. The number of aliphatic hydroxyl groups excluding tert-OH is 1. The molecule has 0 aromatic heterocycles. The Morgan fingerprint density at radius 1 is 1.44 bits per heavy atom. The van der Waals surface area contributed by atoms with Crippen LogP contribution in [-0.4, -0.2) is 23.3 Å². The molecule has 1 atom stereocenters. The van der Waals surface area contributed by atoms with Crippen LogP contribution in [0.2, 0.25) is 0 Å². The number of aliphatic carboxylic acids is 1. The van der Waals surface area contributed by atoms with E-state index in [1.54, 1.807) is 6.07 Å². The fourth-order valence-electron chi connectivity index (χ4n) is 2.27. The predicted molar refractivity (Wildman–Crippen MR) is 57.6 cm³/mol. The van der Waals surface area contributed by atoms with Crippen LogP contribution in [0.15, 0.2) is 12.1 Å². The van der Waals surface area contributed by atoms with E-state index < -0.39 is 12.1 Å². The van der Waals surface area contributed by atoms with Gasteiger partial charge in [0.15, 0.2) is 6.10 Å². The molecule has 0 saturated carbocycles. The van der Waals surface area contributed by atoms with E-state index in [0.29, 0.717) is 11.3 Å². The molecular weight excluding hydrogens is 208 g/mol. The normalized spacial score (nSPS) is 15.6. The molecule has 1 aliphatic carbocycles. The lowest BCUT2D eigenvalue weighted by molar-refractivity contribution is -0.147. The standard InChI is InChI=1S/C12H14O4/c1-16-9-6-5-7-3-2-4-8(7)10(9)11(13)12(14)15/h5-6,11,13H,2-4H2,1H3,(H,14,15). The Kier molecular flexibility index (Phi) is 2.83. The molecule has 1 unspecified atom stereocenters. The molecule has 0 amide bonds. The second-order valence-electron chi connectivity index (χ2n) is 3.91. The maximum Gasteiger partial charge on any atom is 0.337 e. The number of carboxylic acid groups (broad SMARTS) is 1. The Bertz CT molecular complexity index is 425. The summed E-state index contributed by atoms with van der Waals surface area (Å²) in [6.07, 6.45) is 1.26. The van der Waals surface area contributed by atoms with Crippen molar-refractivity contribution < 1.29 is 19.7 Å². The van der Waals surface area contributed by atoms with Crippen LogP contribution in [0.3, 0.4) is 0 Å². The fourth-order valence-corrected chi connectivity index (χ4v) is 2.27. The third kappa shape index (κ3) is 1.65. The molecule has 86 valence electrons. The number of methoxy groups -OCH3 is 1. The molecule has 0 heterocycles. The van der Waals surface area contributed by atoms with Gasteiger partial charge in [-0.1, -0.05) is 6.07 Å². The van der Waals surface area contributed by atoms with E-state index in [1.807, 2.05) is 6.07 Å². The van der Waals surface area contributed by atoms with Crippen molar-refractivity contribution >= 4 is 5.97 Å². The van der Waals surface area contributed by atoms with Crippen LogP contribution < -0.4 is 4.74 Å². The molecule has 0 radical (unpaired) electrons. The highest BCUT2D eigenvalue weighted by molar-refractivity contribution is 5.76. The zero-order valence-electron chi connectivity index (χ0n) is 9.06. The smallest absolute Gasteiger partial charge is 0.337 e. The molecular formula is C12H14O4.